The van der Waals surface area contributed by atoms with Gasteiger partial charge in [0.15, 0.2) is 0 Å². The Morgan fingerprint density at radius 2 is 2.36 bits per heavy atom. The van der Waals surface area contributed by atoms with Gasteiger partial charge in [0.25, 0.3) is 0 Å². The van der Waals surface area contributed by atoms with E-state index in [9.17, 15) is 4.79 Å². The van der Waals surface area contributed by atoms with Gasteiger partial charge < -0.3 is 15.7 Å². The summed E-state index contributed by atoms with van der Waals surface area (Å²) in [5.41, 5.74) is 0. The van der Waals surface area contributed by atoms with Crippen LogP contribution in [0.4, 0.5) is 4.79 Å². The molecule has 4 nitrogen and oxygen atoms in total. The molecular formula is C7H14N2O2. The maximum Gasteiger partial charge on any atom is 0.404 e. The fraction of sp³-hybridized carbons (Fsp3) is 0.857. The van der Waals surface area contributed by atoms with Gasteiger partial charge in [0.1, 0.15) is 0 Å². The van der Waals surface area contributed by atoms with Crippen molar-refractivity contribution in [3.8, 4) is 0 Å². The van der Waals surface area contributed by atoms with Gasteiger partial charge in [-0.05, 0) is 18.9 Å². The summed E-state index contributed by atoms with van der Waals surface area (Å²) >= 11 is 0. The highest BCUT2D eigenvalue weighted by atomic mass is 16.4. The van der Waals surface area contributed by atoms with Crippen LogP contribution in [0.2, 0.25) is 0 Å². The summed E-state index contributed by atoms with van der Waals surface area (Å²) in [6.07, 6.45) is 0.0187. The summed E-state index contributed by atoms with van der Waals surface area (Å²) in [5, 5.41) is 14.0. The molecule has 1 aliphatic heterocycles. The molecule has 0 aromatic heterocycles. The summed E-state index contributed by atoms with van der Waals surface area (Å²) in [6, 6.07) is 0.0937. The monoisotopic (exact) mass is 158 g/mol. The number of carbonyl (C=O) groups is 1. The highest BCUT2D eigenvalue weighted by Gasteiger charge is 2.19. The highest BCUT2D eigenvalue weighted by Crippen LogP contribution is 2.08. The number of rotatable bonds is 1. The van der Waals surface area contributed by atoms with E-state index in [-0.39, 0.29) is 6.04 Å². The average Bonchev–Trinajstić information content (AvgIpc) is 1.85. The van der Waals surface area contributed by atoms with Crippen LogP contribution in [-0.4, -0.2) is 30.3 Å². The minimum absolute atomic E-state index is 0.0937. The van der Waals surface area contributed by atoms with Crippen molar-refractivity contribution in [1.82, 2.24) is 10.6 Å². The summed E-state index contributed by atoms with van der Waals surface area (Å²) < 4.78 is 0. The fourth-order valence-corrected chi connectivity index (χ4v) is 1.44. The van der Waals surface area contributed by atoms with Crippen LogP contribution in [0.1, 0.15) is 13.3 Å². The van der Waals surface area contributed by atoms with Crippen LogP contribution >= 0.6 is 0 Å². The van der Waals surface area contributed by atoms with Gasteiger partial charge in [-0.3, -0.25) is 0 Å². The zero-order chi connectivity index (χ0) is 8.27. The van der Waals surface area contributed by atoms with E-state index in [1.165, 1.54) is 0 Å². The van der Waals surface area contributed by atoms with Crippen molar-refractivity contribution >= 4 is 6.09 Å². The molecule has 0 radical (unpaired) electrons. The Morgan fingerprint density at radius 1 is 1.64 bits per heavy atom. The summed E-state index contributed by atoms with van der Waals surface area (Å²) in [5.74, 6) is 0.570. The molecule has 0 aliphatic carbocycles. The van der Waals surface area contributed by atoms with E-state index in [0.717, 1.165) is 19.5 Å². The molecule has 0 aromatic carbocycles. The lowest BCUT2D eigenvalue weighted by atomic mass is 9.98. The van der Waals surface area contributed by atoms with E-state index in [1.54, 1.807) is 0 Å². The Morgan fingerprint density at radius 3 is 2.91 bits per heavy atom. The Bertz CT molecular complexity index is 149. The lowest BCUT2D eigenvalue weighted by molar-refractivity contribution is 0.184. The molecule has 1 rings (SSSR count). The van der Waals surface area contributed by atoms with Gasteiger partial charge in [-0.25, -0.2) is 4.79 Å². The largest absolute Gasteiger partial charge is 0.465 e. The predicted octanol–water partition coefficient (Wildman–Crippen LogP) is 0.252. The number of hydrogen-bond donors (Lipinski definition) is 3. The molecule has 1 amide bonds. The van der Waals surface area contributed by atoms with Crippen LogP contribution in [0.3, 0.4) is 0 Å². The van der Waals surface area contributed by atoms with E-state index in [1.807, 2.05) is 0 Å². The van der Waals surface area contributed by atoms with Gasteiger partial charge in [0.05, 0.1) is 0 Å². The lowest BCUT2D eigenvalue weighted by Crippen LogP contribution is -2.47. The summed E-state index contributed by atoms with van der Waals surface area (Å²) in [4.78, 5) is 10.2. The molecule has 0 saturated carbocycles. The van der Waals surface area contributed by atoms with Crippen LogP contribution in [0.25, 0.3) is 0 Å². The number of hydrogen-bond acceptors (Lipinski definition) is 2. The standard InChI is InChI=1S/C7H14N2O2/c1-5-2-6(4-8-3-5)9-7(10)11/h5-6,8-9H,2-4H2,1H3,(H,10,11)/t5-,6-/m1/s1. The Kier molecular flexibility index (Phi) is 2.70. The zero-order valence-corrected chi connectivity index (χ0v) is 6.63. The number of piperidine rings is 1. The third-order valence-corrected chi connectivity index (χ3v) is 1.90. The number of nitrogens with one attached hydrogen (secondary N) is 2. The van der Waals surface area contributed by atoms with Crippen molar-refractivity contribution in [2.75, 3.05) is 13.1 Å². The smallest absolute Gasteiger partial charge is 0.404 e. The third kappa shape index (κ3) is 2.76. The van der Waals surface area contributed by atoms with E-state index < -0.39 is 6.09 Å². The Balaban J connectivity index is 2.28. The quantitative estimate of drug-likeness (QED) is 0.512. The zero-order valence-electron chi connectivity index (χ0n) is 6.63. The summed E-state index contributed by atoms with van der Waals surface area (Å²) in [7, 11) is 0. The molecule has 4 heteroatoms. The number of amides is 1. The van der Waals surface area contributed by atoms with Crippen LogP contribution < -0.4 is 10.6 Å². The molecule has 0 bridgehead atoms. The first-order valence-electron chi connectivity index (χ1n) is 3.88. The van der Waals surface area contributed by atoms with Gasteiger partial charge >= 0.3 is 6.09 Å². The number of carboxylic acid groups (broad SMARTS) is 1. The molecule has 1 heterocycles. The van der Waals surface area contributed by atoms with Crippen LogP contribution in [0.5, 0.6) is 0 Å². The normalized spacial score (nSPS) is 31.4. The van der Waals surface area contributed by atoms with Crippen molar-refractivity contribution in [3.63, 3.8) is 0 Å². The molecular weight excluding hydrogens is 144 g/mol. The van der Waals surface area contributed by atoms with Crippen molar-refractivity contribution in [1.29, 1.82) is 0 Å². The van der Waals surface area contributed by atoms with E-state index in [2.05, 4.69) is 17.6 Å². The second-order valence-corrected chi connectivity index (χ2v) is 3.15. The van der Waals surface area contributed by atoms with Crippen LogP contribution in [0.15, 0.2) is 0 Å². The van der Waals surface area contributed by atoms with Crippen LogP contribution in [0, 0.1) is 5.92 Å². The molecule has 64 valence electrons. The maximum absolute atomic E-state index is 10.2. The molecule has 0 spiro atoms. The van der Waals surface area contributed by atoms with Crippen molar-refractivity contribution in [3.05, 3.63) is 0 Å². The predicted molar refractivity (Wildman–Crippen MR) is 41.6 cm³/mol. The third-order valence-electron chi connectivity index (χ3n) is 1.90. The minimum atomic E-state index is -0.925. The molecule has 1 fully saturated rings. The lowest BCUT2D eigenvalue weighted by Gasteiger charge is -2.27. The Hall–Kier alpha value is -0.770. The maximum atomic E-state index is 10.2. The fourth-order valence-electron chi connectivity index (χ4n) is 1.44. The average molecular weight is 158 g/mol. The van der Waals surface area contributed by atoms with E-state index in [0.29, 0.717) is 5.92 Å². The van der Waals surface area contributed by atoms with E-state index in [4.69, 9.17) is 5.11 Å². The molecule has 3 N–H and O–H groups in total. The highest BCUT2D eigenvalue weighted by molar-refractivity contribution is 5.64. The van der Waals surface area contributed by atoms with Gasteiger partial charge in [-0.15, -0.1) is 0 Å². The second kappa shape index (κ2) is 3.57. The van der Waals surface area contributed by atoms with Crippen molar-refractivity contribution in [2.24, 2.45) is 5.92 Å². The van der Waals surface area contributed by atoms with Gasteiger partial charge in [0.2, 0.25) is 0 Å². The SMILES string of the molecule is C[C@H]1CNC[C@H](NC(=O)O)C1. The first kappa shape index (κ1) is 8.33. The topological polar surface area (TPSA) is 61.4 Å². The first-order valence-corrected chi connectivity index (χ1v) is 3.88. The van der Waals surface area contributed by atoms with Gasteiger partial charge in [-0.2, -0.15) is 0 Å². The van der Waals surface area contributed by atoms with Crippen molar-refractivity contribution < 1.29 is 9.90 Å². The molecule has 0 aromatic rings. The molecule has 0 unspecified atom stereocenters. The molecule has 1 aliphatic rings. The molecule has 2 atom stereocenters. The summed E-state index contributed by atoms with van der Waals surface area (Å²) in [6.45, 7) is 3.87. The first-order chi connectivity index (χ1) is 5.18. The molecule has 1 saturated heterocycles. The van der Waals surface area contributed by atoms with Gasteiger partial charge in [0, 0.05) is 12.6 Å². The van der Waals surface area contributed by atoms with Crippen LogP contribution in [-0.2, 0) is 0 Å². The van der Waals surface area contributed by atoms with E-state index >= 15 is 0 Å². The van der Waals surface area contributed by atoms with Gasteiger partial charge in [-0.1, -0.05) is 6.92 Å². The molecule has 11 heavy (non-hydrogen) atoms. The minimum Gasteiger partial charge on any atom is -0.465 e. The Labute approximate surface area is 66.0 Å². The van der Waals surface area contributed by atoms with Crippen molar-refractivity contribution in [2.45, 2.75) is 19.4 Å². The second-order valence-electron chi connectivity index (χ2n) is 3.15.